The fraction of sp³-hybridized carbons (Fsp3) is 0.312. The number of hydrogen-bond donors (Lipinski definition) is 1. The van der Waals surface area contributed by atoms with Crippen molar-refractivity contribution >= 4 is 23.2 Å². The van der Waals surface area contributed by atoms with Gasteiger partial charge in [-0.2, -0.15) is 0 Å². The smallest absolute Gasteiger partial charge is 0.343 e. The molecule has 0 radical (unpaired) electrons. The summed E-state index contributed by atoms with van der Waals surface area (Å²) in [6, 6.07) is 9.47. The van der Waals surface area contributed by atoms with Crippen molar-refractivity contribution in [2.75, 3.05) is 13.1 Å². The van der Waals surface area contributed by atoms with Crippen LogP contribution in [-0.4, -0.2) is 45.6 Å². The summed E-state index contributed by atoms with van der Waals surface area (Å²) in [5.74, 6) is -1.87. The predicted molar refractivity (Wildman–Crippen MR) is 84.3 cm³/mol. The molecule has 0 spiro atoms. The molecule has 1 amide bonds. The number of aliphatic carboxylic acids is 1. The second-order valence-corrected chi connectivity index (χ2v) is 6.55. The molecule has 1 aliphatic heterocycles. The van der Waals surface area contributed by atoms with Gasteiger partial charge in [-0.15, -0.1) is 11.3 Å². The maximum atomic E-state index is 14.1. The second-order valence-electron chi connectivity index (χ2n) is 5.55. The SMILES string of the molecule is Cc1nc(-c2ccccc2)sc1C(=O)N1CCC(F)(C(=O)O)C1. The Hall–Kier alpha value is -2.28. The van der Waals surface area contributed by atoms with Crippen molar-refractivity contribution in [3.8, 4) is 10.6 Å². The van der Waals surface area contributed by atoms with Gasteiger partial charge in [0.1, 0.15) is 9.88 Å². The number of carboxylic acid groups (broad SMARTS) is 1. The van der Waals surface area contributed by atoms with Crippen LogP contribution in [0.25, 0.3) is 10.6 Å². The van der Waals surface area contributed by atoms with Crippen LogP contribution in [0.2, 0.25) is 0 Å². The summed E-state index contributed by atoms with van der Waals surface area (Å²) in [7, 11) is 0. The summed E-state index contributed by atoms with van der Waals surface area (Å²) in [6.45, 7) is 1.41. The van der Waals surface area contributed by atoms with E-state index in [0.717, 1.165) is 10.6 Å². The molecule has 1 aromatic carbocycles. The number of likely N-dealkylation sites (tertiary alicyclic amines) is 1. The summed E-state index contributed by atoms with van der Waals surface area (Å²) in [5.41, 5.74) is -0.867. The Morgan fingerprint density at radius 3 is 2.65 bits per heavy atom. The van der Waals surface area contributed by atoms with Crippen LogP contribution in [0.1, 0.15) is 21.8 Å². The van der Waals surface area contributed by atoms with E-state index in [-0.39, 0.29) is 18.9 Å². The van der Waals surface area contributed by atoms with E-state index in [4.69, 9.17) is 5.11 Å². The number of carboxylic acids is 1. The molecule has 0 aliphatic carbocycles. The van der Waals surface area contributed by atoms with Crippen molar-refractivity contribution < 1.29 is 19.1 Å². The topological polar surface area (TPSA) is 70.5 Å². The van der Waals surface area contributed by atoms with Crippen LogP contribution in [0.15, 0.2) is 30.3 Å². The molecular weight excluding hydrogens is 319 g/mol. The Kier molecular flexibility index (Phi) is 3.89. The van der Waals surface area contributed by atoms with Crippen molar-refractivity contribution in [1.82, 2.24) is 9.88 Å². The zero-order chi connectivity index (χ0) is 16.6. The highest BCUT2D eigenvalue weighted by atomic mass is 32.1. The number of benzene rings is 1. The summed E-state index contributed by atoms with van der Waals surface area (Å²) < 4.78 is 14.1. The summed E-state index contributed by atoms with van der Waals surface area (Å²) in [6.07, 6.45) is -0.183. The Labute approximate surface area is 136 Å². The minimum Gasteiger partial charge on any atom is -0.479 e. The first-order valence-corrected chi connectivity index (χ1v) is 7.97. The average molecular weight is 334 g/mol. The zero-order valence-electron chi connectivity index (χ0n) is 12.5. The van der Waals surface area contributed by atoms with E-state index in [1.165, 1.54) is 16.2 Å². The highest BCUT2D eigenvalue weighted by molar-refractivity contribution is 7.17. The Morgan fingerprint density at radius 2 is 2.04 bits per heavy atom. The number of rotatable bonds is 3. The number of amides is 1. The highest BCUT2D eigenvalue weighted by Crippen LogP contribution is 2.32. The van der Waals surface area contributed by atoms with Gasteiger partial charge in [0.15, 0.2) is 0 Å². The Morgan fingerprint density at radius 1 is 1.35 bits per heavy atom. The largest absolute Gasteiger partial charge is 0.479 e. The van der Waals surface area contributed by atoms with Crippen LogP contribution < -0.4 is 0 Å². The van der Waals surface area contributed by atoms with E-state index in [1.54, 1.807) is 6.92 Å². The highest BCUT2D eigenvalue weighted by Gasteiger charge is 2.47. The number of carbonyl (C=O) groups excluding carboxylic acids is 1. The summed E-state index contributed by atoms with van der Waals surface area (Å²) in [5, 5.41) is 9.65. The van der Waals surface area contributed by atoms with Crippen molar-refractivity contribution in [1.29, 1.82) is 0 Å². The zero-order valence-corrected chi connectivity index (χ0v) is 13.3. The molecule has 1 unspecified atom stereocenters. The molecular formula is C16H15FN2O3S. The van der Waals surface area contributed by atoms with Crippen LogP contribution in [0.5, 0.6) is 0 Å². The number of carbonyl (C=O) groups is 2. The van der Waals surface area contributed by atoms with Crippen LogP contribution in [0.3, 0.4) is 0 Å². The van der Waals surface area contributed by atoms with Crippen LogP contribution in [0, 0.1) is 6.92 Å². The van der Waals surface area contributed by atoms with E-state index >= 15 is 0 Å². The average Bonchev–Trinajstić information content (AvgIpc) is 3.12. The van der Waals surface area contributed by atoms with Gasteiger partial charge in [0.2, 0.25) is 5.67 Å². The fourth-order valence-electron chi connectivity index (χ4n) is 2.56. The summed E-state index contributed by atoms with van der Waals surface area (Å²) >= 11 is 1.24. The maximum Gasteiger partial charge on any atom is 0.343 e. The molecule has 2 heterocycles. The van der Waals surface area contributed by atoms with Gasteiger partial charge in [-0.3, -0.25) is 4.79 Å². The van der Waals surface area contributed by atoms with Crippen LogP contribution in [0.4, 0.5) is 4.39 Å². The number of alkyl halides is 1. The van der Waals surface area contributed by atoms with E-state index in [1.807, 2.05) is 30.3 Å². The number of halogens is 1. The van der Waals surface area contributed by atoms with Gasteiger partial charge >= 0.3 is 5.97 Å². The molecule has 7 heteroatoms. The number of thiazole rings is 1. The number of aromatic nitrogens is 1. The van der Waals surface area contributed by atoms with Gasteiger partial charge in [-0.25, -0.2) is 14.2 Å². The molecule has 1 aromatic heterocycles. The van der Waals surface area contributed by atoms with Gasteiger partial charge in [0.05, 0.1) is 12.2 Å². The molecule has 5 nitrogen and oxygen atoms in total. The third kappa shape index (κ3) is 2.84. The molecule has 3 rings (SSSR count). The number of hydrogen-bond acceptors (Lipinski definition) is 4. The molecule has 1 fully saturated rings. The minimum absolute atomic E-state index is 0.0969. The summed E-state index contributed by atoms with van der Waals surface area (Å²) in [4.78, 5) is 29.6. The Balaban J connectivity index is 1.84. The molecule has 1 N–H and O–H groups in total. The van der Waals surface area contributed by atoms with E-state index < -0.39 is 18.2 Å². The predicted octanol–water partition coefficient (Wildman–Crippen LogP) is 2.76. The van der Waals surface area contributed by atoms with Gasteiger partial charge in [-0.05, 0) is 6.92 Å². The van der Waals surface area contributed by atoms with E-state index in [0.29, 0.717) is 10.6 Å². The molecule has 2 aromatic rings. The van der Waals surface area contributed by atoms with E-state index in [2.05, 4.69) is 4.98 Å². The third-order valence-corrected chi connectivity index (χ3v) is 5.10. The van der Waals surface area contributed by atoms with Crippen molar-refractivity contribution in [3.63, 3.8) is 0 Å². The standard InChI is InChI=1S/C16H15FN2O3S/c1-10-12(23-13(18-10)11-5-3-2-4-6-11)14(20)19-8-7-16(17,9-19)15(21)22/h2-6H,7-9H2,1H3,(H,21,22). The van der Waals surface area contributed by atoms with Gasteiger partial charge in [0, 0.05) is 18.5 Å². The maximum absolute atomic E-state index is 14.1. The van der Waals surface area contributed by atoms with Crippen molar-refractivity contribution in [2.45, 2.75) is 19.0 Å². The van der Waals surface area contributed by atoms with Gasteiger partial charge < -0.3 is 10.0 Å². The number of nitrogens with zero attached hydrogens (tertiary/aromatic N) is 2. The first kappa shape index (κ1) is 15.6. The molecule has 1 saturated heterocycles. The lowest BCUT2D eigenvalue weighted by atomic mass is 10.1. The number of aryl methyl sites for hydroxylation is 1. The fourth-order valence-corrected chi connectivity index (χ4v) is 3.60. The van der Waals surface area contributed by atoms with Crippen LogP contribution in [-0.2, 0) is 4.79 Å². The lowest BCUT2D eigenvalue weighted by Gasteiger charge is -2.17. The van der Waals surface area contributed by atoms with E-state index in [9.17, 15) is 14.0 Å². The first-order chi connectivity index (χ1) is 10.9. The molecule has 120 valence electrons. The normalized spacial score (nSPS) is 20.7. The lowest BCUT2D eigenvalue weighted by Crippen LogP contribution is -2.38. The van der Waals surface area contributed by atoms with Crippen molar-refractivity contribution in [3.05, 3.63) is 40.9 Å². The molecule has 23 heavy (non-hydrogen) atoms. The molecule has 1 aliphatic rings. The first-order valence-electron chi connectivity index (χ1n) is 7.15. The lowest BCUT2D eigenvalue weighted by molar-refractivity contribution is -0.149. The second kappa shape index (κ2) is 5.73. The van der Waals surface area contributed by atoms with Gasteiger partial charge in [-0.1, -0.05) is 30.3 Å². The molecule has 0 bridgehead atoms. The minimum atomic E-state index is -2.35. The quantitative estimate of drug-likeness (QED) is 0.937. The Bertz CT molecular complexity index is 762. The monoisotopic (exact) mass is 334 g/mol. The van der Waals surface area contributed by atoms with Crippen molar-refractivity contribution in [2.24, 2.45) is 0 Å². The molecule has 0 saturated carbocycles. The van der Waals surface area contributed by atoms with Crippen LogP contribution >= 0.6 is 11.3 Å². The third-order valence-electron chi connectivity index (χ3n) is 3.90. The molecule has 1 atom stereocenters. The van der Waals surface area contributed by atoms with Gasteiger partial charge in [0.25, 0.3) is 5.91 Å².